The summed E-state index contributed by atoms with van der Waals surface area (Å²) in [5.74, 6) is 3.61. The molecular formula is C52H53Cl2N5O5S. The summed E-state index contributed by atoms with van der Waals surface area (Å²) in [5.41, 5.74) is 11.0. The zero-order valence-electron chi connectivity index (χ0n) is 37.5. The summed E-state index contributed by atoms with van der Waals surface area (Å²) in [6.07, 6.45) is 4.63. The first-order valence-electron chi connectivity index (χ1n) is 22.4. The van der Waals surface area contributed by atoms with E-state index in [4.69, 9.17) is 47.1 Å². The average Bonchev–Trinajstić information content (AvgIpc) is 3.92. The second-order valence-electron chi connectivity index (χ2n) is 17.0. The van der Waals surface area contributed by atoms with Crippen molar-refractivity contribution in [2.45, 2.75) is 78.9 Å². The van der Waals surface area contributed by atoms with Crippen molar-refractivity contribution >= 4 is 57.4 Å². The SMILES string of the molecule is CC(=O)Oc1ccc2c(c1)CCCC(c1ccc(Cl)cc1Cl)=C2c1ccc(O[C@H]2CCN(CCCOCCOc3ccc(C4=N[C@H](C)c5nnc(C)n5-c5sc(C)c(C)c54)cc3)C2)cc1. The number of fused-ring (bicyclic) bond motifs is 4. The second kappa shape index (κ2) is 19.7. The molecule has 2 aromatic heterocycles. The molecule has 4 heterocycles. The van der Waals surface area contributed by atoms with E-state index in [9.17, 15) is 4.79 Å². The summed E-state index contributed by atoms with van der Waals surface area (Å²) >= 11 is 14.9. The van der Waals surface area contributed by atoms with Crippen molar-refractivity contribution in [1.29, 1.82) is 0 Å². The zero-order valence-corrected chi connectivity index (χ0v) is 39.8. The monoisotopic (exact) mass is 929 g/mol. The van der Waals surface area contributed by atoms with Gasteiger partial charge in [0.1, 0.15) is 46.8 Å². The molecule has 0 radical (unpaired) electrons. The number of likely N-dealkylation sites (tertiary alicyclic amines) is 1. The molecule has 65 heavy (non-hydrogen) atoms. The third-order valence-electron chi connectivity index (χ3n) is 12.5. The lowest BCUT2D eigenvalue weighted by Crippen LogP contribution is -2.26. The Bertz CT molecular complexity index is 2780. The standard InChI is InChI=1S/C52H53Cl2N5O5S/c1-31-33(3)65-52-48(31)50(55-32(2)51-57-56-34(4)59(51)52)37-12-15-40(16-13-37)62-27-26-61-25-7-23-58-24-22-43(30-58)64-41-17-10-36(11-18-41)49-44-21-19-42(63-35(5)60)28-38(44)8-6-9-46(49)45-20-14-39(53)29-47(45)54/h10-21,28-29,32,43H,6-9,22-27,30H2,1-5H3/t32-,43+/m1/s1. The van der Waals surface area contributed by atoms with Crippen LogP contribution in [-0.2, 0) is 16.0 Å². The minimum Gasteiger partial charge on any atom is -0.491 e. The Labute approximate surface area is 394 Å². The number of allylic oxidation sites excluding steroid dienone is 1. The number of aryl methyl sites for hydroxylation is 3. The maximum absolute atomic E-state index is 11.8. The summed E-state index contributed by atoms with van der Waals surface area (Å²) in [6, 6.07) is 28.1. The minimum atomic E-state index is -0.335. The van der Waals surface area contributed by atoms with Crippen molar-refractivity contribution in [1.82, 2.24) is 19.7 Å². The predicted octanol–water partition coefficient (Wildman–Crippen LogP) is 11.6. The molecule has 13 heteroatoms. The first-order chi connectivity index (χ1) is 31.5. The smallest absolute Gasteiger partial charge is 0.308 e. The number of nitrogens with zero attached hydrogens (tertiary/aromatic N) is 5. The summed E-state index contributed by atoms with van der Waals surface area (Å²) < 4.78 is 26.2. The van der Waals surface area contributed by atoms with E-state index in [1.807, 2.05) is 43.3 Å². The topological polar surface area (TPSA) is 100 Å². The van der Waals surface area contributed by atoms with Gasteiger partial charge in [-0.25, -0.2) is 0 Å². The Kier molecular flexibility index (Phi) is 13.6. The minimum absolute atomic E-state index is 0.117. The van der Waals surface area contributed by atoms with Gasteiger partial charge in [0, 0.05) is 59.2 Å². The van der Waals surface area contributed by atoms with E-state index in [1.54, 1.807) is 17.4 Å². The first-order valence-corrected chi connectivity index (χ1v) is 24.0. The van der Waals surface area contributed by atoms with Crippen LogP contribution in [0.4, 0.5) is 0 Å². The summed E-state index contributed by atoms with van der Waals surface area (Å²) in [5, 5.41) is 11.2. The number of halogens is 2. The highest BCUT2D eigenvalue weighted by Crippen LogP contribution is 2.44. The molecule has 6 aromatic rings. The van der Waals surface area contributed by atoms with Gasteiger partial charge in [0.2, 0.25) is 0 Å². The molecule has 1 fully saturated rings. The number of aliphatic imine (C=N–C) groups is 1. The number of benzene rings is 4. The fraction of sp³-hybridized carbons (Fsp3) is 0.346. The highest BCUT2D eigenvalue weighted by molar-refractivity contribution is 7.15. The van der Waals surface area contributed by atoms with Gasteiger partial charge in [-0.2, -0.15) is 0 Å². The van der Waals surface area contributed by atoms with Crippen LogP contribution in [0.15, 0.2) is 89.9 Å². The second-order valence-corrected chi connectivity index (χ2v) is 19.0. The fourth-order valence-electron chi connectivity index (χ4n) is 9.22. The number of hydrogen-bond acceptors (Lipinski definition) is 10. The van der Waals surface area contributed by atoms with E-state index >= 15 is 0 Å². The van der Waals surface area contributed by atoms with Crippen LogP contribution in [0.3, 0.4) is 0 Å². The number of esters is 1. The Morgan fingerprint density at radius 2 is 1.60 bits per heavy atom. The third-order valence-corrected chi connectivity index (χ3v) is 14.2. The number of rotatable bonds is 14. The van der Waals surface area contributed by atoms with Crippen molar-refractivity contribution in [2.75, 3.05) is 39.5 Å². The van der Waals surface area contributed by atoms with Crippen molar-refractivity contribution < 1.29 is 23.7 Å². The number of aromatic nitrogens is 3. The van der Waals surface area contributed by atoms with E-state index < -0.39 is 0 Å². The molecule has 0 saturated carbocycles. The van der Waals surface area contributed by atoms with E-state index in [2.05, 4.69) is 82.9 Å². The lowest BCUT2D eigenvalue weighted by atomic mass is 9.87. The lowest BCUT2D eigenvalue weighted by Gasteiger charge is -2.19. The molecule has 0 spiro atoms. The number of ether oxygens (including phenoxy) is 4. The molecular weight excluding hydrogens is 878 g/mol. The molecule has 0 N–H and O–H groups in total. The number of carbonyl (C=O) groups excluding carboxylic acids is 1. The Morgan fingerprint density at radius 3 is 2.38 bits per heavy atom. The molecule has 1 aliphatic carbocycles. The van der Waals surface area contributed by atoms with Crippen molar-refractivity contribution in [2.24, 2.45) is 4.99 Å². The maximum Gasteiger partial charge on any atom is 0.308 e. The van der Waals surface area contributed by atoms with Crippen molar-refractivity contribution in [3.8, 4) is 22.2 Å². The molecule has 2 atom stereocenters. The molecule has 3 aliphatic rings. The van der Waals surface area contributed by atoms with E-state index in [1.165, 1.54) is 17.4 Å². The van der Waals surface area contributed by atoms with Gasteiger partial charge < -0.3 is 18.9 Å². The Balaban J connectivity index is 0.752. The van der Waals surface area contributed by atoms with Crippen LogP contribution in [-0.4, -0.2) is 76.9 Å². The van der Waals surface area contributed by atoms with Gasteiger partial charge in [-0.15, -0.1) is 21.5 Å². The van der Waals surface area contributed by atoms with Crippen LogP contribution < -0.4 is 14.2 Å². The van der Waals surface area contributed by atoms with Gasteiger partial charge in [-0.05, 0) is 159 Å². The van der Waals surface area contributed by atoms with Crippen molar-refractivity contribution in [3.63, 3.8) is 0 Å². The molecule has 336 valence electrons. The highest BCUT2D eigenvalue weighted by atomic mass is 35.5. The van der Waals surface area contributed by atoms with Crippen LogP contribution in [0.2, 0.25) is 10.0 Å². The highest BCUT2D eigenvalue weighted by Gasteiger charge is 2.30. The van der Waals surface area contributed by atoms with Crippen LogP contribution in [0, 0.1) is 20.8 Å². The van der Waals surface area contributed by atoms with E-state index in [0.717, 1.165) is 130 Å². The van der Waals surface area contributed by atoms with Crippen LogP contribution in [0.25, 0.3) is 16.1 Å². The van der Waals surface area contributed by atoms with Gasteiger partial charge >= 0.3 is 5.97 Å². The van der Waals surface area contributed by atoms with Gasteiger partial charge in [-0.1, -0.05) is 47.5 Å². The Hall–Kier alpha value is -5.30. The molecule has 10 nitrogen and oxygen atoms in total. The number of carbonyl (C=O) groups is 1. The quantitative estimate of drug-likeness (QED) is 0.0605. The Morgan fingerprint density at radius 1 is 0.846 bits per heavy atom. The summed E-state index contributed by atoms with van der Waals surface area (Å²) in [4.78, 5) is 20.6. The largest absolute Gasteiger partial charge is 0.491 e. The van der Waals surface area contributed by atoms with Gasteiger partial charge in [0.05, 0.1) is 12.3 Å². The summed E-state index contributed by atoms with van der Waals surface area (Å²) in [6.45, 7) is 14.3. The number of hydrogen-bond donors (Lipinski definition) is 0. The van der Waals surface area contributed by atoms with Gasteiger partial charge in [0.25, 0.3) is 0 Å². The molecule has 9 rings (SSSR count). The van der Waals surface area contributed by atoms with Crippen LogP contribution in [0.5, 0.6) is 17.2 Å². The molecule has 0 bridgehead atoms. The summed E-state index contributed by atoms with van der Waals surface area (Å²) in [7, 11) is 0. The van der Waals surface area contributed by atoms with Gasteiger partial charge in [0.15, 0.2) is 5.82 Å². The molecule has 2 aliphatic heterocycles. The normalized spacial score (nSPS) is 17.2. The van der Waals surface area contributed by atoms with E-state index in [-0.39, 0.29) is 18.1 Å². The number of thiophene rings is 1. The molecule has 0 unspecified atom stereocenters. The molecule has 1 saturated heterocycles. The maximum atomic E-state index is 11.8. The fourth-order valence-corrected chi connectivity index (χ4v) is 11.0. The molecule has 4 aromatic carbocycles. The van der Waals surface area contributed by atoms with Crippen molar-refractivity contribution in [3.05, 3.63) is 150 Å². The first kappa shape index (κ1) is 44.9. The predicted molar refractivity (Wildman–Crippen MR) is 260 cm³/mol. The van der Waals surface area contributed by atoms with E-state index in [0.29, 0.717) is 35.6 Å². The zero-order chi connectivity index (χ0) is 45.2. The average molecular weight is 931 g/mol. The van der Waals surface area contributed by atoms with Crippen LogP contribution >= 0.6 is 34.5 Å². The molecule has 0 amide bonds. The third kappa shape index (κ3) is 9.81. The lowest BCUT2D eigenvalue weighted by molar-refractivity contribution is -0.131. The van der Waals surface area contributed by atoms with Crippen LogP contribution in [0.1, 0.15) is 101 Å². The van der Waals surface area contributed by atoms with Gasteiger partial charge in [-0.3, -0.25) is 19.3 Å².